The van der Waals surface area contributed by atoms with Gasteiger partial charge in [0.1, 0.15) is 0 Å². The third kappa shape index (κ3) is 5.10. The van der Waals surface area contributed by atoms with Gasteiger partial charge in [-0.2, -0.15) is 0 Å². The minimum atomic E-state index is 0.104. The highest BCUT2D eigenvalue weighted by Gasteiger charge is 2.54. The maximum Gasteiger partial charge on any atom is 0.0743 e. The molecule has 0 N–H and O–H groups in total. The van der Waals surface area contributed by atoms with Gasteiger partial charge in [0.25, 0.3) is 0 Å². The van der Waals surface area contributed by atoms with Gasteiger partial charge in [-0.05, 0) is 0 Å². The first-order chi connectivity index (χ1) is 11.7. The third-order valence-corrected chi connectivity index (χ3v) is 7.36. The Hall–Kier alpha value is 0.195. The van der Waals surface area contributed by atoms with Crippen molar-refractivity contribution >= 4 is 22.2 Å². The van der Waals surface area contributed by atoms with Gasteiger partial charge in [-0.25, -0.2) is 0 Å². The number of rotatable bonds is 4. The Labute approximate surface area is 154 Å². The fraction of sp³-hybridized carbons (Fsp3) is 1.00. The van der Waals surface area contributed by atoms with Crippen LogP contribution in [0.2, 0.25) is 16.4 Å². The van der Waals surface area contributed by atoms with Gasteiger partial charge in [0.05, 0.1) is 22.2 Å². The molecule has 3 aliphatic carbocycles. The van der Waals surface area contributed by atoms with Crippen molar-refractivity contribution in [3.63, 3.8) is 0 Å². The molecule has 0 aromatic rings. The van der Waals surface area contributed by atoms with E-state index in [1.165, 1.54) is 116 Å². The van der Waals surface area contributed by atoms with E-state index < -0.39 is 0 Å². The predicted molar refractivity (Wildman–Crippen MR) is 110 cm³/mol. The van der Waals surface area contributed by atoms with Crippen molar-refractivity contribution in [2.24, 2.45) is 0 Å². The second kappa shape index (κ2) is 9.22. The molecule has 0 saturated heterocycles. The molecule has 0 spiro atoms. The van der Waals surface area contributed by atoms with Crippen LogP contribution in [0.25, 0.3) is 0 Å². The van der Waals surface area contributed by atoms with E-state index in [0.29, 0.717) is 5.31 Å². The molecule has 0 aromatic carbocycles. The van der Waals surface area contributed by atoms with Gasteiger partial charge >= 0.3 is 0 Å². The van der Waals surface area contributed by atoms with Crippen molar-refractivity contribution in [3.05, 3.63) is 0 Å². The lowest BCUT2D eigenvalue weighted by Gasteiger charge is -2.40. The standard InChI is InChI=1S/C21H37B3/c22-20(15-11-7-3-4-8-12-16-20)21(17-18-21)24-23-19-13-9-5-1-2-6-10-14-19/h19H,1-18H2. The van der Waals surface area contributed by atoms with Crippen molar-refractivity contribution in [3.8, 4) is 0 Å². The van der Waals surface area contributed by atoms with Crippen molar-refractivity contribution in [1.82, 2.24) is 0 Å². The third-order valence-electron chi connectivity index (χ3n) is 7.36. The maximum absolute atomic E-state index is 7.08. The maximum atomic E-state index is 7.08. The van der Waals surface area contributed by atoms with Crippen LogP contribution in [-0.4, -0.2) is 22.2 Å². The fourth-order valence-electron chi connectivity index (χ4n) is 5.35. The van der Waals surface area contributed by atoms with E-state index in [0.717, 1.165) is 5.82 Å². The zero-order valence-electron chi connectivity index (χ0n) is 16.0. The number of hydrogen-bond acceptors (Lipinski definition) is 0. The molecule has 4 radical (unpaired) electrons. The Morgan fingerprint density at radius 2 is 1.04 bits per heavy atom. The highest BCUT2D eigenvalue weighted by Crippen LogP contribution is 2.71. The summed E-state index contributed by atoms with van der Waals surface area (Å²) in [7, 11) is 12.3. The van der Waals surface area contributed by atoms with Crippen LogP contribution in [0, 0.1) is 0 Å². The largest absolute Gasteiger partial charge is 0.0774 e. The molecular formula is C21H37B3. The topological polar surface area (TPSA) is 0 Å². The van der Waals surface area contributed by atoms with Crippen LogP contribution in [0.4, 0.5) is 0 Å². The molecular weight excluding hydrogens is 285 g/mol. The van der Waals surface area contributed by atoms with Crippen LogP contribution in [0.15, 0.2) is 0 Å². The van der Waals surface area contributed by atoms with Gasteiger partial charge in [-0.15, -0.1) is 0 Å². The molecule has 0 atom stereocenters. The minimum absolute atomic E-state index is 0.104. The predicted octanol–water partition coefficient (Wildman–Crippen LogP) is 6.65. The molecule has 130 valence electrons. The Kier molecular flexibility index (Phi) is 7.29. The highest BCUT2D eigenvalue weighted by atomic mass is 14.5. The van der Waals surface area contributed by atoms with E-state index in [2.05, 4.69) is 14.3 Å². The van der Waals surface area contributed by atoms with Gasteiger partial charge in [0, 0.05) is 0 Å². The zero-order valence-corrected chi connectivity index (χ0v) is 16.0. The van der Waals surface area contributed by atoms with Crippen LogP contribution in [0.3, 0.4) is 0 Å². The van der Waals surface area contributed by atoms with E-state index in [1.54, 1.807) is 0 Å². The van der Waals surface area contributed by atoms with Crippen LogP contribution in [-0.2, 0) is 0 Å². The second-order valence-corrected chi connectivity index (χ2v) is 9.25. The van der Waals surface area contributed by atoms with Crippen molar-refractivity contribution in [2.75, 3.05) is 0 Å². The van der Waals surface area contributed by atoms with Gasteiger partial charge in [-0.1, -0.05) is 132 Å². The lowest BCUT2D eigenvalue weighted by Crippen LogP contribution is -2.30. The molecule has 0 heterocycles. The van der Waals surface area contributed by atoms with E-state index >= 15 is 0 Å². The average molecular weight is 322 g/mol. The summed E-state index contributed by atoms with van der Waals surface area (Å²) in [5, 5.41) is 0.474. The summed E-state index contributed by atoms with van der Waals surface area (Å²) in [5.74, 6) is 0.834. The number of hydrogen-bond donors (Lipinski definition) is 0. The lowest BCUT2D eigenvalue weighted by molar-refractivity contribution is 0.415. The smallest absolute Gasteiger partial charge is 0.0743 e. The molecule has 0 aliphatic heterocycles. The van der Waals surface area contributed by atoms with Crippen LogP contribution >= 0.6 is 0 Å². The van der Waals surface area contributed by atoms with Crippen LogP contribution in [0.1, 0.15) is 116 Å². The first-order valence-corrected chi connectivity index (χ1v) is 11.2. The molecule has 24 heavy (non-hydrogen) atoms. The first kappa shape index (κ1) is 19.0. The summed E-state index contributed by atoms with van der Waals surface area (Å²) in [6, 6.07) is 0. The summed E-state index contributed by atoms with van der Waals surface area (Å²) < 4.78 is 0. The molecule has 0 aromatic heterocycles. The lowest BCUT2D eigenvalue weighted by atomic mass is 9.22. The summed E-state index contributed by atoms with van der Waals surface area (Å²) in [4.78, 5) is 0. The van der Waals surface area contributed by atoms with E-state index in [4.69, 9.17) is 7.85 Å². The van der Waals surface area contributed by atoms with Crippen LogP contribution < -0.4 is 0 Å². The second-order valence-electron chi connectivity index (χ2n) is 9.25. The quantitative estimate of drug-likeness (QED) is 0.509. The van der Waals surface area contributed by atoms with Crippen molar-refractivity contribution < 1.29 is 0 Å². The molecule has 3 saturated carbocycles. The molecule has 3 heteroatoms. The Balaban J connectivity index is 1.53. The summed E-state index contributed by atoms with van der Waals surface area (Å²) in [5.41, 5.74) is 0. The van der Waals surface area contributed by atoms with Gasteiger partial charge in [-0.3, -0.25) is 0 Å². The Bertz CT molecular complexity index is 344. The SMILES string of the molecule is [B]C1(C2([B][B]C3CCCCCCCC3)CC2)CCCCCCCC1. The highest BCUT2D eigenvalue weighted by molar-refractivity contribution is 7.03. The van der Waals surface area contributed by atoms with Gasteiger partial charge in [0.2, 0.25) is 0 Å². The Morgan fingerprint density at radius 1 is 0.583 bits per heavy atom. The molecule has 0 unspecified atom stereocenters. The zero-order chi connectivity index (χ0) is 16.7. The van der Waals surface area contributed by atoms with E-state index in [9.17, 15) is 0 Å². The van der Waals surface area contributed by atoms with Crippen molar-refractivity contribution in [1.29, 1.82) is 0 Å². The fourth-order valence-corrected chi connectivity index (χ4v) is 5.35. The molecule has 0 nitrogen and oxygen atoms in total. The molecule has 0 bridgehead atoms. The van der Waals surface area contributed by atoms with Crippen LogP contribution in [0.5, 0.6) is 0 Å². The molecule has 0 amide bonds. The average Bonchev–Trinajstić information content (AvgIpc) is 3.33. The summed E-state index contributed by atoms with van der Waals surface area (Å²) >= 11 is 0. The molecule has 3 fully saturated rings. The first-order valence-electron chi connectivity index (χ1n) is 11.2. The van der Waals surface area contributed by atoms with Crippen molar-refractivity contribution in [2.45, 2.75) is 132 Å². The summed E-state index contributed by atoms with van der Waals surface area (Å²) in [6.07, 6.45) is 25.2. The molecule has 3 aliphatic rings. The van der Waals surface area contributed by atoms with Gasteiger partial charge in [0.15, 0.2) is 0 Å². The minimum Gasteiger partial charge on any atom is -0.0774 e. The van der Waals surface area contributed by atoms with Gasteiger partial charge < -0.3 is 0 Å². The molecule has 3 rings (SSSR count). The Morgan fingerprint density at radius 3 is 1.54 bits per heavy atom. The van der Waals surface area contributed by atoms with E-state index in [1.807, 2.05) is 0 Å². The summed E-state index contributed by atoms with van der Waals surface area (Å²) in [6.45, 7) is 0. The monoisotopic (exact) mass is 322 g/mol. The van der Waals surface area contributed by atoms with E-state index in [-0.39, 0.29) is 5.31 Å². The normalized spacial score (nSPS) is 29.0.